The molecule has 6 nitrogen and oxygen atoms in total. The van der Waals surface area contributed by atoms with Crippen LogP contribution in [0.5, 0.6) is 0 Å². The molecule has 1 fully saturated rings. The first-order chi connectivity index (χ1) is 10.6. The van der Waals surface area contributed by atoms with Crippen LogP contribution in [0.15, 0.2) is 23.1 Å². The van der Waals surface area contributed by atoms with Crippen molar-refractivity contribution < 1.29 is 9.53 Å². The van der Waals surface area contributed by atoms with Crippen LogP contribution in [0.1, 0.15) is 23.0 Å². The fourth-order valence-electron chi connectivity index (χ4n) is 2.69. The van der Waals surface area contributed by atoms with Gasteiger partial charge in [-0.05, 0) is 26.0 Å². The van der Waals surface area contributed by atoms with Gasteiger partial charge in [0.1, 0.15) is 11.2 Å². The topological polar surface area (TPSA) is 64.4 Å². The van der Waals surface area contributed by atoms with Crippen molar-refractivity contribution in [3.63, 3.8) is 0 Å². The molecule has 0 radical (unpaired) electrons. The lowest BCUT2D eigenvalue weighted by Gasteiger charge is -2.27. The predicted octanol–water partition coefficient (Wildman–Crippen LogP) is 1.20. The maximum absolute atomic E-state index is 12.7. The number of carbonyl (C=O) groups is 1. The first kappa shape index (κ1) is 14.7. The van der Waals surface area contributed by atoms with Gasteiger partial charge in [0.2, 0.25) is 5.43 Å². The molecule has 22 heavy (non-hydrogen) atoms. The number of carbonyl (C=O) groups excluding carboxylic acids is 1. The molecule has 0 aliphatic carbocycles. The van der Waals surface area contributed by atoms with E-state index in [-0.39, 0.29) is 16.9 Å². The molecular weight excluding hydrogens is 282 g/mol. The molecule has 0 saturated carbocycles. The predicted molar refractivity (Wildman–Crippen MR) is 83.1 cm³/mol. The van der Waals surface area contributed by atoms with Gasteiger partial charge in [0.05, 0.1) is 18.6 Å². The standard InChI is InChI=1S/C16H19N3O3/c1-3-18-10-13(16(21)19-6-8-22-9-7-19)14(20)12-5-4-11(2)17-15(12)18/h4-5,10H,3,6-9H2,1-2H3. The van der Waals surface area contributed by atoms with Gasteiger partial charge >= 0.3 is 0 Å². The van der Waals surface area contributed by atoms with Gasteiger partial charge in [0, 0.05) is 31.5 Å². The van der Waals surface area contributed by atoms with Crippen LogP contribution in [-0.2, 0) is 11.3 Å². The molecule has 2 aromatic rings. The molecule has 0 aromatic carbocycles. The highest BCUT2D eigenvalue weighted by Crippen LogP contribution is 2.13. The maximum atomic E-state index is 12.7. The summed E-state index contributed by atoms with van der Waals surface area (Å²) in [6.45, 7) is 6.58. The summed E-state index contributed by atoms with van der Waals surface area (Å²) in [6, 6.07) is 3.55. The van der Waals surface area contributed by atoms with Gasteiger partial charge in [0.15, 0.2) is 0 Å². The van der Waals surface area contributed by atoms with Crippen molar-refractivity contribution in [3.05, 3.63) is 39.8 Å². The minimum Gasteiger partial charge on any atom is -0.378 e. The molecule has 0 unspecified atom stereocenters. The highest BCUT2D eigenvalue weighted by Gasteiger charge is 2.23. The molecule has 1 aliphatic heterocycles. The van der Waals surface area contributed by atoms with Crippen molar-refractivity contribution >= 4 is 16.9 Å². The minimum atomic E-state index is -0.247. The molecule has 0 N–H and O–H groups in total. The number of pyridine rings is 2. The number of aromatic nitrogens is 2. The Morgan fingerprint density at radius 1 is 1.32 bits per heavy atom. The lowest BCUT2D eigenvalue weighted by Crippen LogP contribution is -2.42. The molecule has 0 bridgehead atoms. The molecule has 0 atom stereocenters. The van der Waals surface area contributed by atoms with E-state index >= 15 is 0 Å². The zero-order valence-electron chi connectivity index (χ0n) is 12.8. The van der Waals surface area contributed by atoms with Crippen LogP contribution in [0.3, 0.4) is 0 Å². The fourth-order valence-corrected chi connectivity index (χ4v) is 2.69. The summed E-state index contributed by atoms with van der Waals surface area (Å²) in [7, 11) is 0. The van der Waals surface area contributed by atoms with E-state index in [9.17, 15) is 9.59 Å². The molecule has 1 aliphatic rings. The Kier molecular flexibility index (Phi) is 3.94. The Bertz CT molecular complexity index is 776. The number of rotatable bonds is 2. The van der Waals surface area contributed by atoms with Gasteiger partial charge in [-0.25, -0.2) is 4.98 Å². The third-order valence-electron chi connectivity index (χ3n) is 3.93. The molecule has 1 amide bonds. The highest BCUT2D eigenvalue weighted by atomic mass is 16.5. The molecule has 2 aromatic heterocycles. The van der Waals surface area contributed by atoms with Crippen LogP contribution in [0.25, 0.3) is 11.0 Å². The summed E-state index contributed by atoms with van der Waals surface area (Å²) in [5.41, 5.74) is 1.44. The third kappa shape index (κ3) is 2.50. The summed E-state index contributed by atoms with van der Waals surface area (Å²) in [5.74, 6) is -0.224. The van der Waals surface area contributed by atoms with Gasteiger partial charge in [0.25, 0.3) is 5.91 Å². The number of aryl methyl sites for hydroxylation is 2. The summed E-state index contributed by atoms with van der Waals surface area (Å²) < 4.78 is 7.12. The van der Waals surface area contributed by atoms with Crippen LogP contribution >= 0.6 is 0 Å². The second-order valence-corrected chi connectivity index (χ2v) is 5.39. The monoisotopic (exact) mass is 301 g/mol. The molecule has 0 spiro atoms. The second-order valence-electron chi connectivity index (χ2n) is 5.39. The Labute approximate surface area is 128 Å². The van der Waals surface area contributed by atoms with Gasteiger partial charge in [-0.15, -0.1) is 0 Å². The summed E-state index contributed by atoms with van der Waals surface area (Å²) in [6.07, 6.45) is 1.63. The van der Waals surface area contributed by atoms with E-state index in [4.69, 9.17) is 4.74 Å². The SMILES string of the molecule is CCn1cc(C(=O)N2CCOCC2)c(=O)c2ccc(C)nc21. The molecular formula is C16H19N3O3. The van der Waals surface area contributed by atoms with E-state index in [1.165, 1.54) is 0 Å². The minimum absolute atomic E-state index is 0.210. The van der Waals surface area contributed by atoms with E-state index in [2.05, 4.69) is 4.98 Å². The molecule has 3 rings (SSSR count). The first-order valence-corrected chi connectivity index (χ1v) is 7.49. The third-order valence-corrected chi connectivity index (χ3v) is 3.93. The fraction of sp³-hybridized carbons (Fsp3) is 0.438. The van der Waals surface area contributed by atoms with Crippen molar-refractivity contribution in [1.29, 1.82) is 0 Å². The average molecular weight is 301 g/mol. The normalized spacial score (nSPS) is 15.3. The molecule has 1 saturated heterocycles. The van der Waals surface area contributed by atoms with Crippen molar-refractivity contribution in [2.24, 2.45) is 0 Å². The number of hydrogen-bond acceptors (Lipinski definition) is 4. The van der Waals surface area contributed by atoms with Crippen LogP contribution in [-0.4, -0.2) is 46.7 Å². The van der Waals surface area contributed by atoms with Gasteiger partial charge < -0.3 is 14.2 Å². The number of hydrogen-bond donors (Lipinski definition) is 0. The maximum Gasteiger partial charge on any atom is 0.259 e. The first-order valence-electron chi connectivity index (χ1n) is 7.49. The van der Waals surface area contributed by atoms with Crippen LogP contribution < -0.4 is 5.43 Å². The van der Waals surface area contributed by atoms with Gasteiger partial charge in [-0.1, -0.05) is 0 Å². The summed E-state index contributed by atoms with van der Waals surface area (Å²) >= 11 is 0. The largest absolute Gasteiger partial charge is 0.378 e. The quantitative estimate of drug-likeness (QED) is 0.836. The molecule has 3 heterocycles. The average Bonchev–Trinajstić information content (AvgIpc) is 2.55. The summed E-state index contributed by atoms with van der Waals surface area (Å²) in [4.78, 5) is 31.4. The van der Waals surface area contributed by atoms with Gasteiger partial charge in [-0.2, -0.15) is 0 Å². The number of amides is 1. The smallest absolute Gasteiger partial charge is 0.259 e. The van der Waals surface area contributed by atoms with E-state index in [0.717, 1.165) is 5.69 Å². The van der Waals surface area contributed by atoms with E-state index in [1.807, 2.05) is 18.4 Å². The lowest BCUT2D eigenvalue weighted by atomic mass is 10.1. The van der Waals surface area contributed by atoms with Crippen molar-refractivity contribution in [2.75, 3.05) is 26.3 Å². The molecule has 116 valence electrons. The van der Waals surface area contributed by atoms with Crippen molar-refractivity contribution in [3.8, 4) is 0 Å². The van der Waals surface area contributed by atoms with E-state index in [1.54, 1.807) is 23.2 Å². The Morgan fingerprint density at radius 3 is 2.73 bits per heavy atom. The Balaban J connectivity index is 2.14. The van der Waals surface area contributed by atoms with Crippen LogP contribution in [0.4, 0.5) is 0 Å². The highest BCUT2D eigenvalue weighted by molar-refractivity contribution is 5.97. The Hall–Kier alpha value is -2.21. The van der Waals surface area contributed by atoms with Crippen molar-refractivity contribution in [1.82, 2.24) is 14.5 Å². The number of nitrogens with zero attached hydrogens (tertiary/aromatic N) is 3. The zero-order valence-corrected chi connectivity index (χ0v) is 12.8. The van der Waals surface area contributed by atoms with Crippen molar-refractivity contribution in [2.45, 2.75) is 20.4 Å². The van der Waals surface area contributed by atoms with Crippen LogP contribution in [0.2, 0.25) is 0 Å². The van der Waals surface area contributed by atoms with Gasteiger partial charge in [-0.3, -0.25) is 9.59 Å². The van der Waals surface area contributed by atoms with E-state index in [0.29, 0.717) is 43.9 Å². The number of morpholine rings is 1. The number of ether oxygens (including phenoxy) is 1. The van der Waals surface area contributed by atoms with E-state index < -0.39 is 0 Å². The Morgan fingerprint density at radius 2 is 2.05 bits per heavy atom. The van der Waals surface area contributed by atoms with Crippen LogP contribution in [0, 0.1) is 6.92 Å². The zero-order chi connectivity index (χ0) is 15.7. The second kappa shape index (κ2) is 5.88. The summed E-state index contributed by atoms with van der Waals surface area (Å²) in [5, 5.41) is 0.492. The lowest BCUT2D eigenvalue weighted by molar-refractivity contribution is 0.0301. The molecule has 6 heteroatoms. The number of fused-ring (bicyclic) bond motifs is 1.